The standard InChI is InChI=1S/C17H23N5O2/c1-13-8-21(9-14(2)24-13)17(23)19-7-15-3-5-16(6-4-15)10-22-12-18-11-20-22/h3-6,11-14H,7-10H2,1-2H3,(H,19,23)/t13-,14-/m1/s1. The second-order valence-electron chi connectivity index (χ2n) is 6.23. The van der Waals surface area contributed by atoms with Crippen LogP contribution in [0.5, 0.6) is 0 Å². The van der Waals surface area contributed by atoms with Gasteiger partial charge in [-0.15, -0.1) is 0 Å². The van der Waals surface area contributed by atoms with Crippen LogP contribution in [0.15, 0.2) is 36.9 Å². The van der Waals surface area contributed by atoms with Gasteiger partial charge in [0.05, 0.1) is 18.8 Å². The van der Waals surface area contributed by atoms with Crippen molar-refractivity contribution in [3.63, 3.8) is 0 Å². The van der Waals surface area contributed by atoms with E-state index >= 15 is 0 Å². The molecule has 24 heavy (non-hydrogen) atoms. The van der Waals surface area contributed by atoms with Crippen LogP contribution in [0.2, 0.25) is 0 Å². The summed E-state index contributed by atoms with van der Waals surface area (Å²) in [6, 6.07) is 8.10. The second kappa shape index (κ2) is 7.44. The first kappa shape index (κ1) is 16.4. The molecule has 7 heteroatoms. The van der Waals surface area contributed by atoms with E-state index in [4.69, 9.17) is 4.74 Å². The third-order valence-corrected chi connectivity index (χ3v) is 3.98. The van der Waals surface area contributed by atoms with Crippen LogP contribution < -0.4 is 5.32 Å². The lowest BCUT2D eigenvalue weighted by Crippen LogP contribution is -2.51. The van der Waals surface area contributed by atoms with Gasteiger partial charge < -0.3 is 15.0 Å². The molecule has 0 saturated carbocycles. The van der Waals surface area contributed by atoms with Gasteiger partial charge in [-0.3, -0.25) is 0 Å². The highest BCUT2D eigenvalue weighted by atomic mass is 16.5. The molecule has 1 N–H and O–H groups in total. The van der Waals surface area contributed by atoms with Crippen molar-refractivity contribution >= 4 is 6.03 Å². The SMILES string of the molecule is C[C@@H]1CN(C(=O)NCc2ccc(Cn3cncn3)cc2)C[C@@H](C)O1. The highest BCUT2D eigenvalue weighted by Crippen LogP contribution is 2.11. The third kappa shape index (κ3) is 4.32. The van der Waals surface area contributed by atoms with E-state index in [1.165, 1.54) is 6.33 Å². The quantitative estimate of drug-likeness (QED) is 0.926. The minimum Gasteiger partial charge on any atom is -0.372 e. The molecular weight excluding hydrogens is 306 g/mol. The van der Waals surface area contributed by atoms with Crippen molar-refractivity contribution in [1.29, 1.82) is 0 Å². The maximum absolute atomic E-state index is 12.3. The molecule has 1 aromatic carbocycles. The molecule has 0 unspecified atom stereocenters. The molecule has 7 nitrogen and oxygen atoms in total. The molecule has 3 rings (SSSR count). The number of aromatic nitrogens is 3. The van der Waals surface area contributed by atoms with E-state index in [1.54, 1.807) is 11.0 Å². The Kier molecular flexibility index (Phi) is 5.10. The number of carbonyl (C=O) groups excluding carboxylic acids is 1. The summed E-state index contributed by atoms with van der Waals surface area (Å²) >= 11 is 0. The van der Waals surface area contributed by atoms with Gasteiger partial charge in [0.25, 0.3) is 0 Å². The summed E-state index contributed by atoms with van der Waals surface area (Å²) in [5.74, 6) is 0. The summed E-state index contributed by atoms with van der Waals surface area (Å²) in [6.07, 6.45) is 3.38. The van der Waals surface area contributed by atoms with E-state index in [0.29, 0.717) is 26.2 Å². The zero-order valence-electron chi connectivity index (χ0n) is 14.1. The highest BCUT2D eigenvalue weighted by Gasteiger charge is 2.25. The number of ether oxygens (including phenoxy) is 1. The van der Waals surface area contributed by atoms with Crippen molar-refractivity contribution in [3.05, 3.63) is 48.0 Å². The number of rotatable bonds is 4. The fraction of sp³-hybridized carbons (Fsp3) is 0.471. The van der Waals surface area contributed by atoms with E-state index in [2.05, 4.69) is 15.4 Å². The van der Waals surface area contributed by atoms with Gasteiger partial charge in [0.1, 0.15) is 12.7 Å². The molecule has 2 atom stereocenters. The Morgan fingerprint density at radius 3 is 2.50 bits per heavy atom. The maximum atomic E-state index is 12.3. The molecule has 0 bridgehead atoms. The first-order valence-electron chi connectivity index (χ1n) is 8.18. The van der Waals surface area contributed by atoms with Crippen molar-refractivity contribution in [2.75, 3.05) is 13.1 Å². The Balaban J connectivity index is 1.50. The Morgan fingerprint density at radius 1 is 1.21 bits per heavy atom. The van der Waals surface area contributed by atoms with Crippen LogP contribution in [0, 0.1) is 0 Å². The third-order valence-electron chi connectivity index (χ3n) is 3.98. The number of carbonyl (C=O) groups is 1. The summed E-state index contributed by atoms with van der Waals surface area (Å²) in [7, 11) is 0. The molecule has 1 fully saturated rings. The molecule has 2 amide bonds. The van der Waals surface area contributed by atoms with Gasteiger partial charge in [0.15, 0.2) is 0 Å². The molecule has 1 aromatic heterocycles. The molecule has 2 aromatic rings. The summed E-state index contributed by atoms with van der Waals surface area (Å²) in [4.78, 5) is 18.0. The lowest BCUT2D eigenvalue weighted by molar-refractivity contribution is -0.0545. The normalized spacial score (nSPS) is 20.8. The molecule has 1 saturated heterocycles. The highest BCUT2D eigenvalue weighted by molar-refractivity contribution is 5.74. The number of hydrogen-bond acceptors (Lipinski definition) is 4. The van der Waals surface area contributed by atoms with Crippen LogP contribution in [0.4, 0.5) is 4.79 Å². The van der Waals surface area contributed by atoms with E-state index in [0.717, 1.165) is 11.1 Å². The van der Waals surface area contributed by atoms with Gasteiger partial charge >= 0.3 is 6.03 Å². The molecule has 0 radical (unpaired) electrons. The van der Waals surface area contributed by atoms with Gasteiger partial charge in [-0.2, -0.15) is 5.10 Å². The van der Waals surface area contributed by atoms with Crippen LogP contribution in [-0.2, 0) is 17.8 Å². The first-order valence-corrected chi connectivity index (χ1v) is 8.18. The topological polar surface area (TPSA) is 72.3 Å². The van der Waals surface area contributed by atoms with Crippen molar-refractivity contribution in [1.82, 2.24) is 25.0 Å². The molecular formula is C17H23N5O2. The molecule has 2 heterocycles. The van der Waals surface area contributed by atoms with Crippen LogP contribution in [-0.4, -0.2) is 51.0 Å². The fourth-order valence-corrected chi connectivity index (χ4v) is 2.90. The summed E-state index contributed by atoms with van der Waals surface area (Å²) in [5, 5.41) is 7.07. The smallest absolute Gasteiger partial charge is 0.317 e. The van der Waals surface area contributed by atoms with E-state index in [-0.39, 0.29) is 18.2 Å². The van der Waals surface area contributed by atoms with Gasteiger partial charge in [0.2, 0.25) is 0 Å². The number of hydrogen-bond donors (Lipinski definition) is 1. The zero-order valence-corrected chi connectivity index (χ0v) is 14.1. The minimum absolute atomic E-state index is 0.0382. The molecule has 1 aliphatic rings. The summed E-state index contributed by atoms with van der Waals surface area (Å²) in [5.41, 5.74) is 2.21. The molecule has 1 aliphatic heterocycles. The van der Waals surface area contributed by atoms with Gasteiger partial charge in [0, 0.05) is 19.6 Å². The van der Waals surface area contributed by atoms with E-state index < -0.39 is 0 Å². The first-order chi connectivity index (χ1) is 11.6. The van der Waals surface area contributed by atoms with Crippen molar-refractivity contribution in [2.24, 2.45) is 0 Å². The number of amides is 2. The van der Waals surface area contributed by atoms with Crippen molar-refractivity contribution in [3.8, 4) is 0 Å². The number of nitrogens with one attached hydrogen (secondary N) is 1. The predicted molar refractivity (Wildman–Crippen MR) is 89.4 cm³/mol. The Morgan fingerprint density at radius 2 is 1.88 bits per heavy atom. The number of morpholine rings is 1. The number of urea groups is 1. The van der Waals surface area contributed by atoms with Gasteiger partial charge in [-0.1, -0.05) is 24.3 Å². The van der Waals surface area contributed by atoms with Crippen molar-refractivity contribution < 1.29 is 9.53 Å². The lowest BCUT2D eigenvalue weighted by atomic mass is 10.1. The second-order valence-corrected chi connectivity index (χ2v) is 6.23. The van der Waals surface area contributed by atoms with Crippen LogP contribution in [0.3, 0.4) is 0 Å². The van der Waals surface area contributed by atoms with E-state index in [1.807, 2.05) is 43.0 Å². The van der Waals surface area contributed by atoms with Crippen molar-refractivity contribution in [2.45, 2.75) is 39.1 Å². The molecule has 128 valence electrons. The fourth-order valence-electron chi connectivity index (χ4n) is 2.90. The average Bonchev–Trinajstić information content (AvgIpc) is 3.06. The molecule has 0 spiro atoms. The largest absolute Gasteiger partial charge is 0.372 e. The Labute approximate surface area is 141 Å². The summed E-state index contributed by atoms with van der Waals surface area (Å²) < 4.78 is 7.43. The minimum atomic E-state index is -0.0382. The Hall–Kier alpha value is -2.41. The van der Waals surface area contributed by atoms with Crippen LogP contribution >= 0.6 is 0 Å². The van der Waals surface area contributed by atoms with Crippen LogP contribution in [0.1, 0.15) is 25.0 Å². The Bertz CT molecular complexity index is 646. The lowest BCUT2D eigenvalue weighted by Gasteiger charge is -2.35. The molecule has 0 aliphatic carbocycles. The number of nitrogens with zero attached hydrogens (tertiary/aromatic N) is 4. The predicted octanol–water partition coefficient (Wildman–Crippen LogP) is 1.65. The monoisotopic (exact) mass is 329 g/mol. The van der Waals surface area contributed by atoms with Crippen LogP contribution in [0.25, 0.3) is 0 Å². The van der Waals surface area contributed by atoms with Gasteiger partial charge in [-0.05, 0) is 25.0 Å². The summed E-state index contributed by atoms with van der Waals surface area (Å²) in [6.45, 7) is 6.45. The van der Waals surface area contributed by atoms with Gasteiger partial charge in [-0.25, -0.2) is 14.5 Å². The zero-order chi connectivity index (χ0) is 16.9. The van der Waals surface area contributed by atoms with E-state index in [9.17, 15) is 4.79 Å². The average molecular weight is 329 g/mol. The number of benzene rings is 1. The maximum Gasteiger partial charge on any atom is 0.317 e.